The lowest BCUT2D eigenvalue weighted by molar-refractivity contribution is -0.384. The van der Waals surface area contributed by atoms with Gasteiger partial charge in [-0.05, 0) is 43.3 Å². The second-order valence-corrected chi connectivity index (χ2v) is 8.13. The van der Waals surface area contributed by atoms with E-state index in [-0.39, 0.29) is 17.1 Å². The first-order chi connectivity index (χ1) is 15.0. The van der Waals surface area contributed by atoms with Crippen LogP contribution in [0.25, 0.3) is 0 Å². The zero-order valence-corrected chi connectivity index (χ0v) is 18.3. The molecule has 12 heteroatoms. The Morgan fingerprint density at radius 3 is 2.61 bits per heavy atom. The number of aromatic nitrogens is 2. The molecule has 1 aromatic heterocycles. The van der Waals surface area contributed by atoms with Crippen LogP contribution in [0.3, 0.4) is 0 Å². The summed E-state index contributed by atoms with van der Waals surface area (Å²) in [7, 11) is 1.60. The number of ether oxygens (including phenoxy) is 2. The number of nitrogens with one attached hydrogen (secondary N) is 2. The molecule has 162 valence electrons. The van der Waals surface area contributed by atoms with Crippen molar-refractivity contribution in [2.45, 2.75) is 11.3 Å². The highest BCUT2D eigenvalue weighted by Gasteiger charge is 2.18. The number of anilines is 3. The highest BCUT2D eigenvalue weighted by molar-refractivity contribution is 8.01. The quantitative estimate of drug-likeness (QED) is 0.257. The van der Waals surface area contributed by atoms with E-state index in [1.54, 1.807) is 20.1 Å². The molecule has 2 aromatic carbocycles. The van der Waals surface area contributed by atoms with Crippen molar-refractivity contribution in [2.75, 3.05) is 30.1 Å². The molecule has 0 spiro atoms. The first-order valence-electron chi connectivity index (χ1n) is 9.07. The summed E-state index contributed by atoms with van der Waals surface area (Å²) in [5.74, 6) is 0.754. The van der Waals surface area contributed by atoms with Crippen molar-refractivity contribution in [2.24, 2.45) is 0 Å². The average molecular weight is 462 g/mol. The highest BCUT2D eigenvalue weighted by Crippen LogP contribution is 2.31. The molecule has 0 aliphatic rings. The number of hydrogen-bond acceptors (Lipinski definition) is 10. The first-order valence-corrected chi connectivity index (χ1v) is 10.9. The van der Waals surface area contributed by atoms with E-state index in [9.17, 15) is 14.9 Å². The van der Waals surface area contributed by atoms with Gasteiger partial charge in [0, 0.05) is 5.69 Å². The van der Waals surface area contributed by atoms with Crippen molar-refractivity contribution in [1.82, 2.24) is 10.2 Å². The number of benzene rings is 2. The van der Waals surface area contributed by atoms with Gasteiger partial charge in [-0.3, -0.25) is 14.9 Å². The van der Waals surface area contributed by atoms with Crippen LogP contribution in [-0.2, 0) is 4.79 Å². The van der Waals surface area contributed by atoms with Crippen LogP contribution in [-0.4, -0.2) is 40.5 Å². The van der Waals surface area contributed by atoms with E-state index in [0.717, 1.165) is 11.4 Å². The maximum Gasteiger partial charge on any atom is 0.296 e. The molecule has 1 amide bonds. The molecule has 0 radical (unpaired) electrons. The molecule has 3 rings (SSSR count). The Bertz CT molecular complexity index is 1060. The number of methoxy groups -OCH3 is 1. The molecule has 3 aromatic rings. The minimum Gasteiger partial charge on any atom is -0.497 e. The van der Waals surface area contributed by atoms with E-state index >= 15 is 0 Å². The molecule has 10 nitrogen and oxygen atoms in total. The van der Waals surface area contributed by atoms with E-state index in [4.69, 9.17) is 9.47 Å². The van der Waals surface area contributed by atoms with E-state index < -0.39 is 10.8 Å². The van der Waals surface area contributed by atoms with Crippen molar-refractivity contribution >= 4 is 51.2 Å². The molecule has 1 heterocycles. The van der Waals surface area contributed by atoms with Gasteiger partial charge in [-0.15, -0.1) is 10.2 Å². The lowest BCUT2D eigenvalue weighted by atomic mass is 10.2. The van der Waals surface area contributed by atoms with Crippen molar-refractivity contribution < 1.29 is 19.2 Å². The fraction of sp³-hybridized carbons (Fsp3) is 0.211. The van der Waals surface area contributed by atoms with Crippen molar-refractivity contribution in [3.05, 3.63) is 52.6 Å². The summed E-state index contributed by atoms with van der Waals surface area (Å²) in [6.45, 7) is 2.17. The first kappa shape index (κ1) is 22.3. The summed E-state index contributed by atoms with van der Waals surface area (Å²) >= 11 is 2.48. The summed E-state index contributed by atoms with van der Waals surface area (Å²) in [5.41, 5.74) is 0.707. The van der Waals surface area contributed by atoms with E-state index in [2.05, 4.69) is 20.8 Å². The van der Waals surface area contributed by atoms with E-state index in [0.29, 0.717) is 21.8 Å². The lowest BCUT2D eigenvalue weighted by Gasteiger charge is -2.08. The van der Waals surface area contributed by atoms with Gasteiger partial charge in [-0.1, -0.05) is 23.1 Å². The van der Waals surface area contributed by atoms with E-state index in [1.807, 2.05) is 24.3 Å². The number of amides is 1. The molecule has 31 heavy (non-hydrogen) atoms. The zero-order chi connectivity index (χ0) is 22.2. The predicted molar refractivity (Wildman–Crippen MR) is 120 cm³/mol. The van der Waals surface area contributed by atoms with Crippen molar-refractivity contribution in [1.29, 1.82) is 0 Å². The molecule has 0 saturated heterocycles. The molecule has 0 aliphatic carbocycles. The largest absolute Gasteiger partial charge is 0.497 e. The van der Waals surface area contributed by atoms with Crippen molar-refractivity contribution in [3.8, 4) is 11.5 Å². The molecule has 2 N–H and O–H groups in total. The Balaban J connectivity index is 1.56. The van der Waals surface area contributed by atoms with Gasteiger partial charge < -0.3 is 20.1 Å². The number of hydrogen-bond donors (Lipinski definition) is 2. The number of nitro benzene ring substituents is 1. The maximum absolute atomic E-state index is 12.3. The van der Waals surface area contributed by atoms with Gasteiger partial charge in [-0.2, -0.15) is 0 Å². The summed E-state index contributed by atoms with van der Waals surface area (Å²) in [6, 6.07) is 11.7. The van der Waals surface area contributed by atoms with Gasteiger partial charge in [0.25, 0.3) is 5.69 Å². The van der Waals surface area contributed by atoms with Gasteiger partial charge in [0.15, 0.2) is 4.34 Å². The van der Waals surface area contributed by atoms with Crippen LogP contribution in [0, 0.1) is 10.1 Å². The number of rotatable bonds is 10. The summed E-state index contributed by atoms with van der Waals surface area (Å²) < 4.78 is 11.0. The third-order valence-corrected chi connectivity index (χ3v) is 5.80. The van der Waals surface area contributed by atoms with Crippen molar-refractivity contribution in [3.63, 3.8) is 0 Å². The molecule has 0 saturated carbocycles. The van der Waals surface area contributed by atoms with Crippen LogP contribution < -0.4 is 20.1 Å². The van der Waals surface area contributed by atoms with E-state index in [1.165, 1.54) is 35.2 Å². The number of carbonyl (C=O) groups is 1. The average Bonchev–Trinajstić information content (AvgIpc) is 3.21. The summed E-state index contributed by atoms with van der Waals surface area (Å²) in [6.07, 6.45) is 0. The minimum absolute atomic E-state index is 0.0293. The second kappa shape index (κ2) is 10.6. The second-order valence-electron chi connectivity index (χ2n) is 5.93. The Morgan fingerprint density at radius 1 is 1.19 bits per heavy atom. The normalized spacial score (nSPS) is 10.4. The van der Waals surface area contributed by atoms with Crippen LogP contribution in [0.5, 0.6) is 11.5 Å². The smallest absolute Gasteiger partial charge is 0.296 e. The van der Waals surface area contributed by atoms with Crippen LogP contribution in [0.4, 0.5) is 22.2 Å². The SMILES string of the molecule is CCOc1ccc(NC(=O)CSc2nnc(Nc3ccc(OC)cc3)s2)c([N+](=O)[O-])c1. The Kier molecular flexibility index (Phi) is 7.62. The maximum atomic E-state index is 12.3. The zero-order valence-electron chi connectivity index (χ0n) is 16.7. The Labute approximate surface area is 186 Å². The monoisotopic (exact) mass is 461 g/mol. The highest BCUT2D eigenvalue weighted by atomic mass is 32.2. The number of thioether (sulfide) groups is 1. The molecular weight excluding hydrogens is 442 g/mol. The minimum atomic E-state index is -0.562. The predicted octanol–water partition coefficient (Wildman–Crippen LogP) is 4.33. The fourth-order valence-electron chi connectivity index (χ4n) is 2.45. The molecule has 0 fully saturated rings. The molecule has 0 aliphatic heterocycles. The molecular formula is C19H19N5O5S2. The van der Waals surface area contributed by atoms with Gasteiger partial charge in [0.05, 0.1) is 30.5 Å². The van der Waals surface area contributed by atoms with Gasteiger partial charge >= 0.3 is 0 Å². The third-order valence-electron chi connectivity index (χ3n) is 3.83. The lowest BCUT2D eigenvalue weighted by Crippen LogP contribution is -2.15. The molecule has 0 unspecified atom stereocenters. The topological polar surface area (TPSA) is 129 Å². The number of nitro groups is 1. The standard InChI is InChI=1S/C19H19N5O5S2/c1-3-29-14-8-9-15(16(10-14)24(26)27)21-17(25)11-30-19-23-22-18(31-19)20-12-4-6-13(28-2)7-5-12/h4-10H,3,11H2,1-2H3,(H,20,22)(H,21,25). The third kappa shape index (κ3) is 6.30. The number of nitrogens with zero attached hydrogens (tertiary/aromatic N) is 3. The fourth-order valence-corrected chi connectivity index (χ4v) is 4.03. The Morgan fingerprint density at radius 2 is 1.94 bits per heavy atom. The summed E-state index contributed by atoms with van der Waals surface area (Å²) in [4.78, 5) is 23.0. The van der Waals surface area contributed by atoms with Gasteiger partial charge in [0.1, 0.15) is 17.2 Å². The Hall–Kier alpha value is -3.38. The van der Waals surface area contributed by atoms with Gasteiger partial charge in [-0.25, -0.2) is 0 Å². The number of carbonyl (C=O) groups excluding carboxylic acids is 1. The molecule has 0 bridgehead atoms. The van der Waals surface area contributed by atoms with Crippen LogP contribution in [0.1, 0.15) is 6.92 Å². The van der Waals surface area contributed by atoms with Crippen LogP contribution in [0.2, 0.25) is 0 Å². The van der Waals surface area contributed by atoms with Gasteiger partial charge in [0.2, 0.25) is 11.0 Å². The van der Waals surface area contributed by atoms with Crippen LogP contribution >= 0.6 is 23.1 Å². The summed E-state index contributed by atoms with van der Waals surface area (Å²) in [5, 5.41) is 25.7. The molecule has 0 atom stereocenters. The van der Waals surface area contributed by atoms with Crippen LogP contribution in [0.15, 0.2) is 46.8 Å².